The molecule has 8 nitrogen and oxygen atoms in total. The zero-order valence-electron chi connectivity index (χ0n) is 16.8. The summed E-state index contributed by atoms with van der Waals surface area (Å²) < 4.78 is 17.2. The zero-order chi connectivity index (χ0) is 21.7. The molecule has 30 heavy (non-hydrogen) atoms. The fourth-order valence-electron chi connectivity index (χ4n) is 3.05. The summed E-state index contributed by atoms with van der Waals surface area (Å²) in [7, 11) is 0. The van der Waals surface area contributed by atoms with Crippen LogP contribution in [0, 0.1) is 0 Å². The van der Waals surface area contributed by atoms with Gasteiger partial charge in [-0.2, -0.15) is 0 Å². The second-order valence-corrected chi connectivity index (χ2v) is 8.30. The molecule has 2 saturated heterocycles. The molecule has 162 valence electrons. The van der Waals surface area contributed by atoms with Gasteiger partial charge in [0, 0.05) is 13.1 Å². The highest BCUT2D eigenvalue weighted by atomic mass is 79.9. The molecular formula is C20H23BrN2O6S. The molecule has 2 aliphatic rings. The van der Waals surface area contributed by atoms with Crippen molar-refractivity contribution in [3.8, 4) is 11.5 Å². The average Bonchev–Trinajstić information content (AvgIpc) is 2.98. The summed E-state index contributed by atoms with van der Waals surface area (Å²) in [6, 6.07) is 3.55. The number of halogens is 1. The second-order valence-electron chi connectivity index (χ2n) is 6.46. The van der Waals surface area contributed by atoms with E-state index in [1.807, 2.05) is 13.8 Å². The maximum atomic E-state index is 12.8. The summed E-state index contributed by atoms with van der Waals surface area (Å²) in [6.07, 6.45) is 1.62. The van der Waals surface area contributed by atoms with Crippen molar-refractivity contribution in [2.24, 2.45) is 0 Å². The van der Waals surface area contributed by atoms with Gasteiger partial charge in [0.2, 0.25) is 5.91 Å². The summed E-state index contributed by atoms with van der Waals surface area (Å²) in [5, 5.41) is -0.456. The number of imide groups is 1. The smallest absolute Gasteiger partial charge is 0.294 e. The van der Waals surface area contributed by atoms with E-state index in [0.29, 0.717) is 61.1 Å². The molecule has 0 aromatic heterocycles. The van der Waals surface area contributed by atoms with Gasteiger partial charge in [0.05, 0.1) is 35.8 Å². The minimum absolute atomic E-state index is 0.258. The summed E-state index contributed by atoms with van der Waals surface area (Å²) in [5.74, 6) is 0.390. The van der Waals surface area contributed by atoms with Gasteiger partial charge < -0.3 is 19.1 Å². The first-order valence-corrected chi connectivity index (χ1v) is 11.3. The van der Waals surface area contributed by atoms with Crippen LogP contribution in [0.15, 0.2) is 21.5 Å². The van der Waals surface area contributed by atoms with E-state index in [-0.39, 0.29) is 17.4 Å². The van der Waals surface area contributed by atoms with Crippen LogP contribution in [0.5, 0.6) is 11.5 Å². The Hall–Kier alpha value is -2.04. The van der Waals surface area contributed by atoms with E-state index in [2.05, 4.69) is 15.9 Å². The molecule has 3 amide bonds. The molecule has 0 unspecified atom stereocenters. The highest BCUT2D eigenvalue weighted by Crippen LogP contribution is 2.39. The minimum Gasteiger partial charge on any atom is -0.490 e. The zero-order valence-corrected chi connectivity index (χ0v) is 19.2. The standard InChI is InChI=1S/C20H23BrN2O6S/c1-3-28-15-10-13(9-14(21)18(15)29-4-2)11-16-19(25)23(20(26)30-16)12-17(24)22-5-7-27-8-6-22/h9-11H,3-8,12H2,1-2H3/b16-11+. The Labute approximate surface area is 187 Å². The third kappa shape index (κ3) is 5.16. The molecule has 0 spiro atoms. The topological polar surface area (TPSA) is 85.4 Å². The van der Waals surface area contributed by atoms with E-state index in [4.69, 9.17) is 14.2 Å². The lowest BCUT2D eigenvalue weighted by Gasteiger charge is -2.28. The molecule has 1 aromatic rings. The van der Waals surface area contributed by atoms with Crippen LogP contribution in [0.2, 0.25) is 0 Å². The van der Waals surface area contributed by atoms with Crippen molar-refractivity contribution in [1.29, 1.82) is 0 Å². The minimum atomic E-state index is -0.477. The number of hydrogen-bond acceptors (Lipinski definition) is 7. The SMILES string of the molecule is CCOc1cc(/C=C2/SC(=O)N(CC(=O)N3CCOCC3)C2=O)cc(Br)c1OCC. The first-order chi connectivity index (χ1) is 14.4. The van der Waals surface area contributed by atoms with Crippen LogP contribution in [0.1, 0.15) is 19.4 Å². The number of nitrogens with zero attached hydrogens (tertiary/aromatic N) is 2. The summed E-state index contributed by atoms with van der Waals surface area (Å²) in [6.45, 7) is 6.27. The van der Waals surface area contributed by atoms with Crippen molar-refractivity contribution >= 4 is 50.8 Å². The molecule has 10 heteroatoms. The van der Waals surface area contributed by atoms with Gasteiger partial charge in [-0.3, -0.25) is 19.3 Å². The van der Waals surface area contributed by atoms with E-state index in [1.54, 1.807) is 23.1 Å². The monoisotopic (exact) mass is 498 g/mol. The van der Waals surface area contributed by atoms with E-state index < -0.39 is 11.1 Å². The van der Waals surface area contributed by atoms with Gasteiger partial charge in [-0.15, -0.1) is 0 Å². The van der Waals surface area contributed by atoms with Crippen LogP contribution in [0.3, 0.4) is 0 Å². The summed E-state index contributed by atoms with van der Waals surface area (Å²) in [4.78, 5) is 40.4. The van der Waals surface area contributed by atoms with Gasteiger partial charge in [-0.25, -0.2) is 0 Å². The maximum absolute atomic E-state index is 12.8. The molecule has 2 aliphatic heterocycles. The van der Waals surface area contributed by atoms with Crippen LogP contribution in [-0.4, -0.2) is 72.9 Å². The Bertz CT molecular complexity index is 869. The van der Waals surface area contributed by atoms with Gasteiger partial charge in [0.1, 0.15) is 6.54 Å². The molecular weight excluding hydrogens is 476 g/mol. The summed E-state index contributed by atoms with van der Waals surface area (Å²) >= 11 is 4.29. The van der Waals surface area contributed by atoms with Crippen LogP contribution in [0.4, 0.5) is 4.79 Å². The molecule has 2 fully saturated rings. The van der Waals surface area contributed by atoms with Gasteiger partial charge in [0.25, 0.3) is 11.1 Å². The Morgan fingerprint density at radius 1 is 1.20 bits per heavy atom. The molecule has 0 radical (unpaired) electrons. The highest BCUT2D eigenvalue weighted by molar-refractivity contribution is 9.10. The number of morpholine rings is 1. The van der Waals surface area contributed by atoms with Crippen molar-refractivity contribution in [2.45, 2.75) is 13.8 Å². The van der Waals surface area contributed by atoms with Gasteiger partial charge in [-0.1, -0.05) is 0 Å². The van der Waals surface area contributed by atoms with Crippen molar-refractivity contribution in [3.63, 3.8) is 0 Å². The van der Waals surface area contributed by atoms with Gasteiger partial charge >= 0.3 is 0 Å². The molecule has 3 rings (SSSR count). The van der Waals surface area contributed by atoms with E-state index in [9.17, 15) is 14.4 Å². The number of rotatable bonds is 7. The van der Waals surface area contributed by atoms with Crippen molar-refractivity contribution in [1.82, 2.24) is 9.80 Å². The highest BCUT2D eigenvalue weighted by Gasteiger charge is 2.37. The number of benzene rings is 1. The van der Waals surface area contributed by atoms with Crippen LogP contribution in [-0.2, 0) is 14.3 Å². The Morgan fingerprint density at radius 3 is 2.57 bits per heavy atom. The van der Waals surface area contributed by atoms with Gasteiger partial charge in [0.15, 0.2) is 11.5 Å². The molecule has 0 N–H and O–H groups in total. The lowest BCUT2D eigenvalue weighted by Crippen LogP contribution is -2.46. The molecule has 1 aromatic carbocycles. The lowest BCUT2D eigenvalue weighted by molar-refractivity contribution is -0.139. The molecule has 0 saturated carbocycles. The average molecular weight is 499 g/mol. The van der Waals surface area contributed by atoms with Crippen molar-refractivity contribution < 1.29 is 28.6 Å². The maximum Gasteiger partial charge on any atom is 0.294 e. The number of carbonyl (C=O) groups is 3. The van der Waals surface area contributed by atoms with E-state index in [1.165, 1.54) is 0 Å². The van der Waals surface area contributed by atoms with Gasteiger partial charge in [-0.05, 0) is 65.3 Å². The van der Waals surface area contributed by atoms with E-state index in [0.717, 1.165) is 16.7 Å². The fourth-order valence-corrected chi connectivity index (χ4v) is 4.47. The van der Waals surface area contributed by atoms with Crippen LogP contribution < -0.4 is 9.47 Å². The number of hydrogen-bond donors (Lipinski definition) is 0. The Balaban J connectivity index is 1.78. The molecule has 2 heterocycles. The quantitative estimate of drug-likeness (QED) is 0.533. The number of ether oxygens (including phenoxy) is 3. The largest absolute Gasteiger partial charge is 0.490 e. The summed E-state index contributed by atoms with van der Waals surface area (Å²) in [5.41, 5.74) is 0.679. The second kappa shape index (κ2) is 10.3. The lowest BCUT2D eigenvalue weighted by atomic mass is 10.2. The molecule has 0 atom stereocenters. The number of carbonyl (C=O) groups excluding carboxylic acids is 3. The van der Waals surface area contributed by atoms with Crippen LogP contribution in [0.25, 0.3) is 6.08 Å². The van der Waals surface area contributed by atoms with Crippen molar-refractivity contribution in [3.05, 3.63) is 27.1 Å². The first kappa shape index (κ1) is 22.6. The van der Waals surface area contributed by atoms with E-state index >= 15 is 0 Å². The molecule has 0 bridgehead atoms. The number of thioether (sulfide) groups is 1. The number of amides is 3. The van der Waals surface area contributed by atoms with Crippen molar-refractivity contribution in [2.75, 3.05) is 46.1 Å². The third-order valence-corrected chi connectivity index (χ3v) is 5.95. The first-order valence-electron chi connectivity index (χ1n) is 9.64. The Morgan fingerprint density at radius 2 is 1.90 bits per heavy atom. The Kier molecular flexibility index (Phi) is 7.79. The third-order valence-electron chi connectivity index (χ3n) is 4.45. The fraction of sp³-hybridized carbons (Fsp3) is 0.450. The predicted octanol–water partition coefficient (Wildman–Crippen LogP) is 3.14. The van der Waals surface area contributed by atoms with Crippen LogP contribution >= 0.6 is 27.7 Å². The normalized spacial score (nSPS) is 18.3. The predicted molar refractivity (Wildman–Crippen MR) is 117 cm³/mol. The molecule has 0 aliphatic carbocycles.